The standard InChI is InChI=1S/C19H23N5OS2/c1-3-17-20-15(12-26-17)13-27-19-22-21-18(23-8-10-25-11-9-23)24(19)16-6-4-14(2)5-7-16/h4-7,12H,3,8-11,13H2,1-2H3. The highest BCUT2D eigenvalue weighted by Gasteiger charge is 2.22. The first-order chi connectivity index (χ1) is 13.2. The molecule has 0 amide bonds. The van der Waals surface area contributed by atoms with Crippen molar-refractivity contribution >= 4 is 29.0 Å². The van der Waals surface area contributed by atoms with Crippen molar-refractivity contribution in [1.29, 1.82) is 0 Å². The van der Waals surface area contributed by atoms with Gasteiger partial charge in [-0.1, -0.05) is 36.4 Å². The van der Waals surface area contributed by atoms with Gasteiger partial charge in [0, 0.05) is 24.2 Å². The summed E-state index contributed by atoms with van der Waals surface area (Å²) in [4.78, 5) is 6.92. The van der Waals surface area contributed by atoms with Crippen LogP contribution in [0.25, 0.3) is 5.69 Å². The van der Waals surface area contributed by atoms with Gasteiger partial charge in [0.25, 0.3) is 0 Å². The Morgan fingerprint density at radius 3 is 2.63 bits per heavy atom. The van der Waals surface area contributed by atoms with Crippen LogP contribution >= 0.6 is 23.1 Å². The maximum atomic E-state index is 5.50. The first-order valence-corrected chi connectivity index (χ1v) is 11.0. The van der Waals surface area contributed by atoms with E-state index in [1.54, 1.807) is 23.1 Å². The molecule has 1 aliphatic rings. The first-order valence-electron chi connectivity index (χ1n) is 9.16. The molecule has 3 aromatic rings. The summed E-state index contributed by atoms with van der Waals surface area (Å²) in [6.45, 7) is 7.35. The largest absolute Gasteiger partial charge is 0.378 e. The molecule has 0 spiro atoms. The van der Waals surface area contributed by atoms with Crippen LogP contribution in [0.3, 0.4) is 0 Å². The summed E-state index contributed by atoms with van der Waals surface area (Å²) in [6.07, 6.45) is 0.982. The maximum Gasteiger partial charge on any atom is 0.232 e. The Morgan fingerprint density at radius 1 is 1.15 bits per heavy atom. The molecular weight excluding hydrogens is 378 g/mol. The van der Waals surface area contributed by atoms with E-state index in [0.717, 1.165) is 61.0 Å². The maximum absolute atomic E-state index is 5.50. The Morgan fingerprint density at radius 2 is 1.93 bits per heavy atom. The minimum Gasteiger partial charge on any atom is -0.378 e. The van der Waals surface area contributed by atoms with E-state index in [4.69, 9.17) is 4.74 Å². The molecule has 142 valence electrons. The van der Waals surface area contributed by atoms with Gasteiger partial charge in [0.2, 0.25) is 5.95 Å². The minimum absolute atomic E-state index is 0.724. The Hall–Kier alpha value is -1.90. The zero-order chi connectivity index (χ0) is 18.6. The van der Waals surface area contributed by atoms with Crippen LogP contribution < -0.4 is 4.90 Å². The number of morpholine rings is 1. The summed E-state index contributed by atoms with van der Waals surface area (Å²) in [5, 5.41) is 13.2. The quantitative estimate of drug-likeness (QED) is 0.587. The Bertz CT molecular complexity index is 884. The van der Waals surface area contributed by atoms with Crippen molar-refractivity contribution in [3.63, 3.8) is 0 Å². The molecule has 1 fully saturated rings. The predicted molar refractivity (Wildman–Crippen MR) is 110 cm³/mol. The molecular formula is C19H23N5OS2. The van der Waals surface area contributed by atoms with Crippen LogP contribution in [0.4, 0.5) is 5.95 Å². The lowest BCUT2D eigenvalue weighted by atomic mass is 10.2. The number of ether oxygens (including phenoxy) is 1. The minimum atomic E-state index is 0.724. The Kier molecular flexibility index (Phi) is 5.75. The summed E-state index contributed by atoms with van der Waals surface area (Å²) in [5.41, 5.74) is 3.43. The second kappa shape index (κ2) is 8.41. The van der Waals surface area contributed by atoms with E-state index in [9.17, 15) is 0 Å². The number of thioether (sulfide) groups is 1. The van der Waals surface area contributed by atoms with Crippen LogP contribution in [0.5, 0.6) is 0 Å². The highest BCUT2D eigenvalue weighted by molar-refractivity contribution is 7.98. The average molecular weight is 402 g/mol. The molecule has 0 atom stereocenters. The van der Waals surface area contributed by atoms with Crippen LogP contribution in [0.15, 0.2) is 34.8 Å². The van der Waals surface area contributed by atoms with Crippen molar-refractivity contribution in [2.24, 2.45) is 0 Å². The molecule has 0 aliphatic carbocycles. The highest BCUT2D eigenvalue weighted by Crippen LogP contribution is 2.29. The third-order valence-corrected chi connectivity index (χ3v) is 6.46. The van der Waals surface area contributed by atoms with E-state index in [2.05, 4.69) is 68.1 Å². The van der Waals surface area contributed by atoms with Crippen molar-refractivity contribution in [2.45, 2.75) is 31.2 Å². The highest BCUT2D eigenvalue weighted by atomic mass is 32.2. The van der Waals surface area contributed by atoms with Crippen molar-refractivity contribution in [1.82, 2.24) is 19.7 Å². The molecule has 0 unspecified atom stereocenters. The fourth-order valence-corrected chi connectivity index (χ4v) is 4.65. The zero-order valence-corrected chi connectivity index (χ0v) is 17.2. The number of nitrogens with zero attached hydrogens (tertiary/aromatic N) is 5. The monoisotopic (exact) mass is 401 g/mol. The third kappa shape index (κ3) is 4.17. The molecule has 6 nitrogen and oxygen atoms in total. The fraction of sp³-hybridized carbons (Fsp3) is 0.421. The van der Waals surface area contributed by atoms with E-state index in [1.807, 2.05) is 0 Å². The summed E-state index contributed by atoms with van der Waals surface area (Å²) in [5.74, 6) is 1.68. The first kappa shape index (κ1) is 18.5. The molecule has 0 radical (unpaired) electrons. The fourth-order valence-electron chi connectivity index (χ4n) is 2.96. The molecule has 0 saturated carbocycles. The molecule has 27 heavy (non-hydrogen) atoms. The van der Waals surface area contributed by atoms with Crippen LogP contribution in [-0.4, -0.2) is 46.1 Å². The zero-order valence-electron chi connectivity index (χ0n) is 15.6. The number of aromatic nitrogens is 4. The lowest BCUT2D eigenvalue weighted by Gasteiger charge is -2.27. The van der Waals surface area contributed by atoms with Gasteiger partial charge in [0.15, 0.2) is 5.16 Å². The molecule has 4 rings (SSSR count). The van der Waals surface area contributed by atoms with Gasteiger partial charge in [-0.05, 0) is 25.5 Å². The van der Waals surface area contributed by atoms with Gasteiger partial charge in [-0.25, -0.2) is 4.98 Å². The van der Waals surface area contributed by atoms with Crippen molar-refractivity contribution < 1.29 is 4.74 Å². The molecule has 3 heterocycles. The van der Waals surface area contributed by atoms with E-state index < -0.39 is 0 Å². The number of hydrogen-bond donors (Lipinski definition) is 0. The van der Waals surface area contributed by atoms with Gasteiger partial charge in [-0.15, -0.1) is 21.5 Å². The average Bonchev–Trinajstić information content (AvgIpc) is 3.34. The Labute approximate surface area is 167 Å². The van der Waals surface area contributed by atoms with E-state index in [0.29, 0.717) is 0 Å². The second-order valence-corrected chi connectivity index (χ2v) is 8.31. The summed E-state index contributed by atoms with van der Waals surface area (Å²) in [6, 6.07) is 8.51. The van der Waals surface area contributed by atoms with Crippen LogP contribution in [0, 0.1) is 6.92 Å². The SMILES string of the molecule is CCc1nc(CSc2nnc(N3CCOCC3)n2-c2ccc(C)cc2)cs1. The summed E-state index contributed by atoms with van der Waals surface area (Å²) in [7, 11) is 0. The van der Waals surface area contributed by atoms with Gasteiger partial charge in [0.05, 0.1) is 29.6 Å². The van der Waals surface area contributed by atoms with Crippen LogP contribution in [-0.2, 0) is 16.9 Å². The molecule has 0 bridgehead atoms. The summed E-state index contributed by atoms with van der Waals surface area (Å²) >= 11 is 3.41. The number of hydrogen-bond acceptors (Lipinski definition) is 7. The van der Waals surface area contributed by atoms with Crippen molar-refractivity contribution in [2.75, 3.05) is 31.2 Å². The molecule has 1 aliphatic heterocycles. The lowest BCUT2D eigenvalue weighted by Crippen LogP contribution is -2.37. The van der Waals surface area contributed by atoms with Gasteiger partial charge < -0.3 is 9.64 Å². The predicted octanol–water partition coefficient (Wildman–Crippen LogP) is 3.72. The normalized spacial score (nSPS) is 14.7. The molecule has 0 N–H and O–H groups in total. The number of aryl methyl sites for hydroxylation is 2. The van der Waals surface area contributed by atoms with E-state index in [-0.39, 0.29) is 0 Å². The number of anilines is 1. The third-order valence-electron chi connectivity index (χ3n) is 4.45. The second-order valence-electron chi connectivity index (χ2n) is 6.43. The van der Waals surface area contributed by atoms with E-state index in [1.165, 1.54) is 10.6 Å². The summed E-state index contributed by atoms with van der Waals surface area (Å²) < 4.78 is 7.65. The van der Waals surface area contributed by atoms with Crippen LogP contribution in [0.2, 0.25) is 0 Å². The molecule has 1 aromatic carbocycles. The van der Waals surface area contributed by atoms with Gasteiger partial charge in [0.1, 0.15) is 0 Å². The van der Waals surface area contributed by atoms with Gasteiger partial charge in [-0.2, -0.15) is 0 Å². The topological polar surface area (TPSA) is 56.1 Å². The van der Waals surface area contributed by atoms with Crippen molar-refractivity contribution in [3.8, 4) is 5.69 Å². The van der Waals surface area contributed by atoms with Gasteiger partial charge >= 0.3 is 0 Å². The lowest BCUT2D eigenvalue weighted by molar-refractivity contribution is 0.122. The molecule has 1 saturated heterocycles. The van der Waals surface area contributed by atoms with E-state index >= 15 is 0 Å². The smallest absolute Gasteiger partial charge is 0.232 e. The van der Waals surface area contributed by atoms with Crippen LogP contribution in [0.1, 0.15) is 23.2 Å². The number of thiazole rings is 1. The number of benzene rings is 1. The molecule has 8 heteroatoms. The molecule has 2 aromatic heterocycles. The van der Waals surface area contributed by atoms with Crippen molar-refractivity contribution in [3.05, 3.63) is 45.9 Å². The number of rotatable bonds is 6. The Balaban J connectivity index is 1.63. The van der Waals surface area contributed by atoms with Gasteiger partial charge in [-0.3, -0.25) is 4.57 Å².